The van der Waals surface area contributed by atoms with Crippen LogP contribution in [0.3, 0.4) is 0 Å². The van der Waals surface area contributed by atoms with E-state index in [1.54, 1.807) is 6.92 Å². The first-order chi connectivity index (χ1) is 17.1. The van der Waals surface area contributed by atoms with Gasteiger partial charge in [0.2, 0.25) is 0 Å². The zero-order valence-corrected chi connectivity index (χ0v) is 20.7. The van der Waals surface area contributed by atoms with Gasteiger partial charge in [-0.05, 0) is 50.3 Å². The summed E-state index contributed by atoms with van der Waals surface area (Å²) in [5, 5.41) is 13.8. The molecule has 2 N–H and O–H groups in total. The number of nitrogens with one attached hydrogen (secondary N) is 1. The molecular formula is C24H25FN4O6S. The van der Waals surface area contributed by atoms with Crippen molar-refractivity contribution in [1.29, 1.82) is 0 Å². The number of thiophene rings is 1. The molecule has 1 aliphatic carbocycles. The van der Waals surface area contributed by atoms with E-state index in [-0.39, 0.29) is 17.1 Å². The standard InChI is InChI=1S/C24H25FN4O6S/c1-12-20-22(26-11-27-23(20)36-21(12)24(33)35-29(13(2)30)14(3)31)28-18-9-4-15(25)10-19(18)34-17-7-5-16(32)6-8-17/h4,9-11,16-17,32H,5-8H2,1-3H3,(H,26,27,28). The molecule has 0 atom stereocenters. The van der Waals surface area contributed by atoms with Gasteiger partial charge in [0.05, 0.1) is 23.3 Å². The van der Waals surface area contributed by atoms with Crippen molar-refractivity contribution in [3.05, 3.63) is 40.8 Å². The zero-order chi connectivity index (χ0) is 26.0. The van der Waals surface area contributed by atoms with Gasteiger partial charge in [-0.1, -0.05) is 0 Å². The number of halogens is 1. The third-order valence-corrected chi connectivity index (χ3v) is 6.97. The van der Waals surface area contributed by atoms with Crippen molar-refractivity contribution in [3.63, 3.8) is 0 Å². The summed E-state index contributed by atoms with van der Waals surface area (Å²) < 4.78 is 20.1. The molecule has 2 heterocycles. The highest BCUT2D eigenvalue weighted by atomic mass is 32.1. The summed E-state index contributed by atoms with van der Waals surface area (Å²) in [6, 6.07) is 4.11. The molecule has 0 aliphatic heterocycles. The lowest BCUT2D eigenvalue weighted by Crippen LogP contribution is -2.35. The number of aliphatic hydroxyl groups is 1. The first-order valence-corrected chi connectivity index (χ1v) is 12.1. The van der Waals surface area contributed by atoms with E-state index in [1.807, 2.05) is 0 Å². The van der Waals surface area contributed by atoms with Crippen molar-refractivity contribution >= 4 is 50.8 Å². The zero-order valence-electron chi connectivity index (χ0n) is 19.9. The molecule has 36 heavy (non-hydrogen) atoms. The third kappa shape index (κ3) is 5.44. The molecule has 12 heteroatoms. The Bertz CT molecular complexity index is 1310. The van der Waals surface area contributed by atoms with Gasteiger partial charge in [-0.3, -0.25) is 9.59 Å². The number of carbonyl (C=O) groups is 3. The Balaban J connectivity index is 1.64. The molecule has 0 unspecified atom stereocenters. The normalized spacial score (nSPS) is 17.5. The van der Waals surface area contributed by atoms with Gasteiger partial charge >= 0.3 is 5.97 Å². The van der Waals surface area contributed by atoms with Crippen molar-refractivity contribution < 1.29 is 33.5 Å². The number of imide groups is 1. The summed E-state index contributed by atoms with van der Waals surface area (Å²) in [6.45, 7) is 3.89. The Morgan fingerprint density at radius 1 is 1.14 bits per heavy atom. The summed E-state index contributed by atoms with van der Waals surface area (Å²) in [5.41, 5.74) is 0.956. The first-order valence-electron chi connectivity index (χ1n) is 11.3. The molecule has 190 valence electrons. The monoisotopic (exact) mass is 516 g/mol. The first kappa shape index (κ1) is 25.5. The minimum atomic E-state index is -0.878. The number of carbonyl (C=O) groups excluding carboxylic acids is 3. The van der Waals surface area contributed by atoms with Crippen LogP contribution in [0, 0.1) is 12.7 Å². The summed E-state index contributed by atoms with van der Waals surface area (Å²) in [6.07, 6.45) is 3.36. The van der Waals surface area contributed by atoms with E-state index in [9.17, 15) is 23.9 Å². The van der Waals surface area contributed by atoms with Crippen LogP contribution in [0.5, 0.6) is 5.75 Å². The highest BCUT2D eigenvalue weighted by Gasteiger charge is 2.26. The number of aromatic nitrogens is 2. The number of hydrogen-bond acceptors (Lipinski definition) is 10. The highest BCUT2D eigenvalue weighted by molar-refractivity contribution is 7.20. The average Bonchev–Trinajstić information content (AvgIpc) is 3.17. The molecule has 1 fully saturated rings. The lowest BCUT2D eigenvalue weighted by Gasteiger charge is -2.27. The van der Waals surface area contributed by atoms with E-state index in [0.29, 0.717) is 63.8 Å². The largest absolute Gasteiger partial charge is 0.488 e. The van der Waals surface area contributed by atoms with Crippen LogP contribution in [0.1, 0.15) is 54.8 Å². The maximum absolute atomic E-state index is 14.1. The smallest absolute Gasteiger partial charge is 0.374 e. The maximum Gasteiger partial charge on any atom is 0.374 e. The molecule has 1 aliphatic rings. The molecule has 0 bridgehead atoms. The van der Waals surface area contributed by atoms with Crippen LogP contribution in [0.25, 0.3) is 10.2 Å². The number of hydroxylamine groups is 2. The van der Waals surface area contributed by atoms with Crippen LogP contribution < -0.4 is 10.1 Å². The van der Waals surface area contributed by atoms with Crippen molar-refractivity contribution in [3.8, 4) is 5.75 Å². The number of hydrogen-bond donors (Lipinski definition) is 2. The van der Waals surface area contributed by atoms with Crippen molar-refractivity contribution in [2.45, 2.75) is 58.7 Å². The minimum absolute atomic E-state index is 0.150. The van der Waals surface area contributed by atoms with E-state index in [4.69, 9.17) is 9.57 Å². The Morgan fingerprint density at radius 2 is 1.83 bits per heavy atom. The molecule has 4 rings (SSSR count). The number of aliphatic hydroxyl groups excluding tert-OH is 1. The van der Waals surface area contributed by atoms with Gasteiger partial charge in [0, 0.05) is 19.9 Å². The van der Waals surface area contributed by atoms with Gasteiger partial charge < -0.3 is 20.0 Å². The molecule has 0 saturated heterocycles. The van der Waals surface area contributed by atoms with Crippen LogP contribution in [-0.4, -0.2) is 50.1 Å². The van der Waals surface area contributed by atoms with E-state index in [2.05, 4.69) is 15.3 Å². The molecule has 10 nitrogen and oxygen atoms in total. The minimum Gasteiger partial charge on any atom is -0.488 e. The maximum atomic E-state index is 14.1. The molecule has 1 saturated carbocycles. The predicted octanol–water partition coefficient (Wildman–Crippen LogP) is 4.03. The molecule has 3 aromatic rings. The second-order valence-electron chi connectivity index (χ2n) is 8.48. The molecule has 2 aromatic heterocycles. The van der Waals surface area contributed by atoms with Gasteiger partial charge in [0.1, 0.15) is 33.4 Å². The number of benzene rings is 1. The van der Waals surface area contributed by atoms with Crippen LogP contribution >= 0.6 is 11.3 Å². The van der Waals surface area contributed by atoms with Gasteiger partial charge in [0.25, 0.3) is 11.8 Å². The molecule has 1 aromatic carbocycles. The van der Waals surface area contributed by atoms with E-state index in [1.165, 1.54) is 24.5 Å². The van der Waals surface area contributed by atoms with Gasteiger partial charge in [0.15, 0.2) is 0 Å². The van der Waals surface area contributed by atoms with Crippen molar-refractivity contribution in [1.82, 2.24) is 15.0 Å². The summed E-state index contributed by atoms with van der Waals surface area (Å²) >= 11 is 1.03. The Kier molecular flexibility index (Phi) is 7.45. The van der Waals surface area contributed by atoms with Crippen LogP contribution in [0.4, 0.5) is 15.9 Å². The van der Waals surface area contributed by atoms with Crippen LogP contribution in [0.2, 0.25) is 0 Å². The SMILES string of the molecule is CC(=O)N(OC(=O)c1sc2ncnc(Nc3ccc(F)cc3OC3CCC(O)CC3)c2c1C)C(C)=O. The van der Waals surface area contributed by atoms with Crippen molar-refractivity contribution in [2.24, 2.45) is 0 Å². The fraction of sp³-hybridized carbons (Fsp3) is 0.375. The number of anilines is 2. The number of nitrogens with zero attached hydrogens (tertiary/aromatic N) is 3. The number of ether oxygens (including phenoxy) is 1. The Hall–Kier alpha value is -3.64. The summed E-state index contributed by atoms with van der Waals surface area (Å²) in [7, 11) is 0. The summed E-state index contributed by atoms with van der Waals surface area (Å²) in [5.74, 6) is -2.14. The fourth-order valence-corrected chi connectivity index (χ4v) is 5.02. The molecule has 2 amide bonds. The van der Waals surface area contributed by atoms with E-state index < -0.39 is 23.6 Å². The molecule has 0 spiro atoms. The Labute approximate surface area is 210 Å². The van der Waals surface area contributed by atoms with Crippen molar-refractivity contribution in [2.75, 3.05) is 5.32 Å². The lowest BCUT2D eigenvalue weighted by atomic mass is 9.95. The number of aryl methyl sites for hydroxylation is 1. The Morgan fingerprint density at radius 3 is 2.50 bits per heavy atom. The van der Waals surface area contributed by atoms with Gasteiger partial charge in [-0.15, -0.1) is 16.4 Å². The van der Waals surface area contributed by atoms with Gasteiger partial charge in [-0.2, -0.15) is 0 Å². The average molecular weight is 517 g/mol. The predicted molar refractivity (Wildman–Crippen MR) is 129 cm³/mol. The van der Waals surface area contributed by atoms with Gasteiger partial charge in [-0.25, -0.2) is 19.2 Å². The van der Waals surface area contributed by atoms with E-state index >= 15 is 0 Å². The van der Waals surface area contributed by atoms with Crippen LogP contribution in [0.15, 0.2) is 24.5 Å². The molecule has 0 radical (unpaired) electrons. The number of rotatable bonds is 5. The second-order valence-corrected chi connectivity index (χ2v) is 9.48. The summed E-state index contributed by atoms with van der Waals surface area (Å²) in [4.78, 5) is 50.2. The number of amides is 2. The van der Waals surface area contributed by atoms with E-state index in [0.717, 1.165) is 25.2 Å². The molecular weight excluding hydrogens is 491 g/mol. The topological polar surface area (TPSA) is 131 Å². The second kappa shape index (κ2) is 10.5. The number of fused-ring (bicyclic) bond motifs is 1. The van der Waals surface area contributed by atoms with Crippen LogP contribution in [-0.2, 0) is 14.4 Å². The highest BCUT2D eigenvalue weighted by Crippen LogP contribution is 2.37. The lowest BCUT2D eigenvalue weighted by molar-refractivity contribution is -0.177. The third-order valence-electron chi connectivity index (χ3n) is 5.79. The fourth-order valence-electron chi connectivity index (χ4n) is 4.00. The quantitative estimate of drug-likeness (QED) is 0.483.